The molecule has 0 aliphatic carbocycles. The van der Waals surface area contributed by atoms with E-state index in [1.807, 2.05) is 6.92 Å². The SMILES string of the molecule is CCCOc1cc(CC(=O)O)cc(ONOC)c1. The summed E-state index contributed by atoms with van der Waals surface area (Å²) in [5.74, 6) is 0.0958. The number of carboxylic acids is 1. The number of carboxylic acid groups (broad SMARTS) is 1. The second-order valence-corrected chi connectivity index (χ2v) is 3.62. The highest BCUT2D eigenvalue weighted by molar-refractivity contribution is 5.70. The molecule has 0 spiro atoms. The molecule has 1 aromatic carbocycles. The number of hydrogen-bond acceptors (Lipinski definition) is 5. The Morgan fingerprint density at radius 3 is 2.67 bits per heavy atom. The molecule has 6 heteroatoms. The first-order valence-corrected chi connectivity index (χ1v) is 5.59. The van der Waals surface area contributed by atoms with Crippen molar-refractivity contribution in [2.75, 3.05) is 13.7 Å². The largest absolute Gasteiger partial charge is 0.493 e. The van der Waals surface area contributed by atoms with Crippen LogP contribution >= 0.6 is 0 Å². The van der Waals surface area contributed by atoms with Gasteiger partial charge in [0, 0.05) is 6.07 Å². The highest BCUT2D eigenvalue weighted by Gasteiger charge is 2.07. The fourth-order valence-corrected chi connectivity index (χ4v) is 1.36. The molecule has 100 valence electrons. The van der Waals surface area contributed by atoms with Crippen LogP contribution in [-0.2, 0) is 16.1 Å². The Bertz CT molecular complexity index is 368. The zero-order valence-corrected chi connectivity index (χ0v) is 10.4. The molecule has 0 atom stereocenters. The average molecular weight is 255 g/mol. The molecule has 2 N–H and O–H groups in total. The number of rotatable bonds is 8. The summed E-state index contributed by atoms with van der Waals surface area (Å²) in [6.45, 7) is 2.55. The minimum Gasteiger partial charge on any atom is -0.493 e. The van der Waals surface area contributed by atoms with Crippen molar-refractivity contribution in [2.24, 2.45) is 0 Å². The van der Waals surface area contributed by atoms with Crippen molar-refractivity contribution in [3.05, 3.63) is 23.8 Å². The average Bonchev–Trinajstić information content (AvgIpc) is 2.33. The maximum absolute atomic E-state index is 10.7. The van der Waals surface area contributed by atoms with Crippen molar-refractivity contribution in [3.63, 3.8) is 0 Å². The summed E-state index contributed by atoms with van der Waals surface area (Å²) in [6, 6.07) is 4.95. The second-order valence-electron chi connectivity index (χ2n) is 3.62. The van der Waals surface area contributed by atoms with Crippen LogP contribution in [-0.4, -0.2) is 24.8 Å². The van der Waals surface area contributed by atoms with Gasteiger partial charge in [-0.3, -0.25) is 9.63 Å². The Labute approximate surface area is 105 Å². The number of aliphatic carboxylic acids is 1. The first-order valence-electron chi connectivity index (χ1n) is 5.59. The lowest BCUT2D eigenvalue weighted by molar-refractivity contribution is -0.136. The van der Waals surface area contributed by atoms with Gasteiger partial charge in [-0.1, -0.05) is 6.92 Å². The molecule has 0 radical (unpaired) electrons. The van der Waals surface area contributed by atoms with Gasteiger partial charge in [-0.2, -0.15) is 0 Å². The maximum atomic E-state index is 10.7. The van der Waals surface area contributed by atoms with E-state index >= 15 is 0 Å². The van der Waals surface area contributed by atoms with Gasteiger partial charge in [0.2, 0.25) is 0 Å². The summed E-state index contributed by atoms with van der Waals surface area (Å²) in [5.41, 5.74) is 2.83. The van der Waals surface area contributed by atoms with Crippen LogP contribution in [0.25, 0.3) is 0 Å². The molecule has 6 nitrogen and oxygen atoms in total. The number of carbonyl (C=O) groups is 1. The molecule has 0 bridgehead atoms. The van der Waals surface area contributed by atoms with Gasteiger partial charge in [-0.05, 0) is 29.8 Å². The molecule has 0 aliphatic heterocycles. The molecular formula is C12H17NO5. The molecule has 0 amide bonds. The summed E-state index contributed by atoms with van der Waals surface area (Å²) >= 11 is 0. The molecule has 0 saturated heterocycles. The molecule has 0 saturated carbocycles. The zero-order valence-electron chi connectivity index (χ0n) is 10.4. The van der Waals surface area contributed by atoms with Crippen molar-refractivity contribution < 1.29 is 24.3 Å². The Balaban J connectivity index is 2.84. The van der Waals surface area contributed by atoms with E-state index in [9.17, 15) is 4.79 Å². The number of benzene rings is 1. The Morgan fingerprint density at radius 1 is 1.33 bits per heavy atom. The maximum Gasteiger partial charge on any atom is 0.307 e. The lowest BCUT2D eigenvalue weighted by atomic mass is 10.1. The molecule has 0 aromatic heterocycles. The first kappa shape index (κ1) is 14.3. The van der Waals surface area contributed by atoms with Gasteiger partial charge in [0.25, 0.3) is 0 Å². The first-order chi connectivity index (χ1) is 8.65. The van der Waals surface area contributed by atoms with Gasteiger partial charge in [-0.25, -0.2) is 0 Å². The molecular weight excluding hydrogens is 238 g/mol. The van der Waals surface area contributed by atoms with E-state index in [4.69, 9.17) is 14.7 Å². The Kier molecular flexibility index (Phi) is 5.96. The van der Waals surface area contributed by atoms with Crippen molar-refractivity contribution in [3.8, 4) is 11.5 Å². The number of nitrogens with one attached hydrogen (secondary N) is 1. The van der Waals surface area contributed by atoms with E-state index in [1.165, 1.54) is 7.11 Å². The molecule has 1 aromatic rings. The predicted octanol–water partition coefficient (Wildman–Crippen LogP) is 1.55. The van der Waals surface area contributed by atoms with Crippen molar-refractivity contribution in [2.45, 2.75) is 19.8 Å². The van der Waals surface area contributed by atoms with E-state index in [0.717, 1.165) is 6.42 Å². The molecule has 18 heavy (non-hydrogen) atoms. The highest BCUT2D eigenvalue weighted by Crippen LogP contribution is 2.23. The lowest BCUT2D eigenvalue weighted by Crippen LogP contribution is -2.16. The van der Waals surface area contributed by atoms with E-state index in [0.29, 0.717) is 23.7 Å². The number of ether oxygens (including phenoxy) is 1. The molecule has 0 aliphatic rings. The number of hydrogen-bond donors (Lipinski definition) is 2. The predicted molar refractivity (Wildman–Crippen MR) is 64.3 cm³/mol. The third-order valence-electron chi connectivity index (χ3n) is 2.01. The van der Waals surface area contributed by atoms with E-state index in [1.54, 1.807) is 18.2 Å². The summed E-state index contributed by atoms with van der Waals surface area (Å²) in [4.78, 5) is 20.3. The van der Waals surface area contributed by atoms with Gasteiger partial charge in [0.1, 0.15) is 5.75 Å². The van der Waals surface area contributed by atoms with Crippen LogP contribution in [0.2, 0.25) is 0 Å². The van der Waals surface area contributed by atoms with Crippen LogP contribution in [0, 0.1) is 0 Å². The summed E-state index contributed by atoms with van der Waals surface area (Å²) < 4.78 is 5.46. The van der Waals surface area contributed by atoms with Crippen LogP contribution in [0.5, 0.6) is 11.5 Å². The van der Waals surface area contributed by atoms with Gasteiger partial charge in [0.15, 0.2) is 5.75 Å². The quantitative estimate of drug-likeness (QED) is 0.686. The lowest BCUT2D eigenvalue weighted by Gasteiger charge is -2.10. The fourth-order valence-electron chi connectivity index (χ4n) is 1.36. The standard InChI is InChI=1S/C12H17NO5/c1-3-4-17-10-5-9(7-12(14)15)6-11(8-10)18-13-16-2/h5-6,8,13H,3-4,7H2,1-2H3,(H,14,15). The molecule has 0 fully saturated rings. The van der Waals surface area contributed by atoms with Gasteiger partial charge in [0.05, 0.1) is 20.1 Å². The third-order valence-corrected chi connectivity index (χ3v) is 2.01. The van der Waals surface area contributed by atoms with Crippen LogP contribution in [0.1, 0.15) is 18.9 Å². The van der Waals surface area contributed by atoms with Crippen LogP contribution in [0.4, 0.5) is 0 Å². The topological polar surface area (TPSA) is 77.0 Å². The zero-order chi connectivity index (χ0) is 13.4. The van der Waals surface area contributed by atoms with Crippen LogP contribution in [0.15, 0.2) is 18.2 Å². The smallest absolute Gasteiger partial charge is 0.307 e. The normalized spacial score (nSPS) is 10.1. The second kappa shape index (κ2) is 7.52. The summed E-state index contributed by atoms with van der Waals surface area (Å²) in [5, 5.41) is 8.78. The Morgan fingerprint density at radius 2 is 2.06 bits per heavy atom. The van der Waals surface area contributed by atoms with Gasteiger partial charge < -0.3 is 14.7 Å². The van der Waals surface area contributed by atoms with E-state index in [-0.39, 0.29) is 6.42 Å². The monoisotopic (exact) mass is 255 g/mol. The fraction of sp³-hybridized carbons (Fsp3) is 0.417. The molecule has 0 heterocycles. The van der Waals surface area contributed by atoms with Crippen LogP contribution in [0.3, 0.4) is 0 Å². The summed E-state index contributed by atoms with van der Waals surface area (Å²) in [6.07, 6.45) is 0.780. The van der Waals surface area contributed by atoms with Crippen molar-refractivity contribution >= 4 is 5.97 Å². The highest BCUT2D eigenvalue weighted by atomic mass is 16.9. The Hall–Kier alpha value is -1.79. The van der Waals surface area contributed by atoms with Gasteiger partial charge >= 0.3 is 5.97 Å². The third kappa shape index (κ3) is 5.03. The van der Waals surface area contributed by atoms with Gasteiger partial charge in [-0.15, -0.1) is 0 Å². The van der Waals surface area contributed by atoms with Crippen molar-refractivity contribution in [1.29, 1.82) is 0 Å². The summed E-state index contributed by atoms with van der Waals surface area (Å²) in [7, 11) is 1.41. The van der Waals surface area contributed by atoms with Crippen LogP contribution < -0.4 is 15.2 Å². The molecule has 0 unspecified atom stereocenters. The van der Waals surface area contributed by atoms with E-state index in [2.05, 4.69) is 10.5 Å². The van der Waals surface area contributed by atoms with E-state index < -0.39 is 5.97 Å². The molecule has 1 rings (SSSR count). The minimum atomic E-state index is -0.909. The van der Waals surface area contributed by atoms with Crippen molar-refractivity contribution in [1.82, 2.24) is 5.64 Å². The minimum absolute atomic E-state index is 0.0906.